The van der Waals surface area contributed by atoms with E-state index in [1.807, 2.05) is 0 Å². The van der Waals surface area contributed by atoms with Crippen molar-refractivity contribution < 1.29 is 4.79 Å². The lowest BCUT2D eigenvalue weighted by Crippen LogP contribution is -2.41. The molecule has 3 aliphatic rings. The van der Waals surface area contributed by atoms with Crippen LogP contribution < -0.4 is 10.6 Å². The number of nitrogens with one attached hydrogen (secondary N) is 2. The minimum Gasteiger partial charge on any atom is -0.355 e. The summed E-state index contributed by atoms with van der Waals surface area (Å²) in [7, 11) is 0. The Morgan fingerprint density at radius 3 is 2.72 bits per heavy atom. The molecule has 0 spiro atoms. The van der Waals surface area contributed by atoms with Crippen LogP contribution in [-0.4, -0.2) is 25.0 Å². The van der Waals surface area contributed by atoms with Crippen molar-refractivity contribution in [1.29, 1.82) is 0 Å². The van der Waals surface area contributed by atoms with E-state index in [4.69, 9.17) is 0 Å². The molecule has 2 saturated carbocycles. The van der Waals surface area contributed by atoms with Crippen molar-refractivity contribution in [2.75, 3.05) is 13.1 Å². The van der Waals surface area contributed by atoms with E-state index >= 15 is 0 Å². The fourth-order valence-corrected chi connectivity index (χ4v) is 4.14. The third-order valence-electron chi connectivity index (χ3n) is 5.08. The summed E-state index contributed by atoms with van der Waals surface area (Å²) in [6.07, 6.45) is 9.20. The quantitative estimate of drug-likeness (QED) is 0.823. The van der Waals surface area contributed by atoms with Gasteiger partial charge in [-0.1, -0.05) is 6.42 Å². The Morgan fingerprint density at radius 1 is 1.22 bits per heavy atom. The first kappa shape index (κ1) is 14.1. The van der Waals surface area contributed by atoms with Crippen LogP contribution in [-0.2, 0) is 4.79 Å². The van der Waals surface area contributed by atoms with Gasteiger partial charge in [0.05, 0.1) is 6.04 Å². The average molecular weight is 273 g/mol. The molecule has 0 aromatic heterocycles. The molecule has 4 unspecified atom stereocenters. The second kappa shape index (κ2) is 6.25. The molecule has 4 atom stereocenters. The molecule has 2 N–H and O–H groups in total. The van der Waals surface area contributed by atoms with Crippen LogP contribution in [0.5, 0.6) is 0 Å². The number of hydrogen-bond acceptors (Lipinski definition) is 2. The Bertz CT molecular complexity index is 292. The molecular weight excluding hydrogens is 248 g/mol. The van der Waals surface area contributed by atoms with Crippen molar-refractivity contribution in [1.82, 2.24) is 10.6 Å². The zero-order chi connectivity index (χ0) is 11.7. The highest BCUT2D eigenvalue weighted by molar-refractivity contribution is 5.85. The van der Waals surface area contributed by atoms with Crippen LogP contribution in [0.25, 0.3) is 0 Å². The number of fused-ring (bicyclic) bond motifs is 2. The molecule has 104 valence electrons. The van der Waals surface area contributed by atoms with E-state index in [1.165, 1.54) is 32.1 Å². The number of carbonyl (C=O) groups excluding carboxylic acids is 1. The lowest BCUT2D eigenvalue weighted by molar-refractivity contribution is -0.122. The summed E-state index contributed by atoms with van der Waals surface area (Å²) in [5.74, 6) is 3.15. The summed E-state index contributed by atoms with van der Waals surface area (Å²) in [4.78, 5) is 11.8. The molecule has 3 nitrogen and oxygen atoms in total. The monoisotopic (exact) mass is 272 g/mol. The molecule has 2 bridgehead atoms. The van der Waals surface area contributed by atoms with E-state index in [1.54, 1.807) is 0 Å². The van der Waals surface area contributed by atoms with Crippen molar-refractivity contribution in [3.05, 3.63) is 0 Å². The van der Waals surface area contributed by atoms with Gasteiger partial charge >= 0.3 is 0 Å². The molecular formula is C14H25ClN2O. The maximum Gasteiger partial charge on any atom is 0.237 e. The van der Waals surface area contributed by atoms with Crippen molar-refractivity contribution in [3.8, 4) is 0 Å². The van der Waals surface area contributed by atoms with Gasteiger partial charge in [-0.2, -0.15) is 0 Å². The van der Waals surface area contributed by atoms with Crippen LogP contribution >= 0.6 is 12.4 Å². The second-order valence-electron chi connectivity index (χ2n) is 6.16. The van der Waals surface area contributed by atoms with Gasteiger partial charge in [-0.15, -0.1) is 12.4 Å². The Morgan fingerprint density at radius 2 is 2.11 bits per heavy atom. The molecule has 1 saturated heterocycles. The highest BCUT2D eigenvalue weighted by Crippen LogP contribution is 2.49. The highest BCUT2D eigenvalue weighted by Gasteiger charge is 2.38. The van der Waals surface area contributed by atoms with Crippen molar-refractivity contribution in [2.24, 2.45) is 17.8 Å². The zero-order valence-electron chi connectivity index (χ0n) is 11.0. The van der Waals surface area contributed by atoms with Crippen molar-refractivity contribution in [2.45, 2.75) is 51.0 Å². The van der Waals surface area contributed by atoms with Crippen LogP contribution in [0.2, 0.25) is 0 Å². The molecule has 18 heavy (non-hydrogen) atoms. The van der Waals surface area contributed by atoms with E-state index < -0.39 is 0 Å². The number of carbonyl (C=O) groups is 1. The van der Waals surface area contributed by atoms with Crippen molar-refractivity contribution >= 4 is 18.3 Å². The maximum absolute atomic E-state index is 11.8. The van der Waals surface area contributed by atoms with Gasteiger partial charge in [-0.05, 0) is 62.8 Å². The molecule has 1 aliphatic heterocycles. The predicted molar refractivity (Wildman–Crippen MR) is 74.8 cm³/mol. The number of halogens is 1. The Balaban J connectivity index is 0.00000120. The first-order valence-electron chi connectivity index (χ1n) is 7.34. The maximum atomic E-state index is 11.8. The topological polar surface area (TPSA) is 41.1 Å². The zero-order valence-corrected chi connectivity index (χ0v) is 11.8. The third kappa shape index (κ3) is 3.00. The normalized spacial score (nSPS) is 37.6. The van der Waals surface area contributed by atoms with E-state index in [0.717, 1.165) is 43.7 Å². The third-order valence-corrected chi connectivity index (χ3v) is 5.08. The van der Waals surface area contributed by atoms with Gasteiger partial charge in [-0.25, -0.2) is 0 Å². The average Bonchev–Trinajstić information content (AvgIpc) is 3.06. The molecule has 0 aromatic carbocycles. The minimum absolute atomic E-state index is 0. The van der Waals surface area contributed by atoms with Crippen LogP contribution in [0.15, 0.2) is 0 Å². The van der Waals surface area contributed by atoms with Gasteiger partial charge in [0.15, 0.2) is 0 Å². The summed E-state index contributed by atoms with van der Waals surface area (Å²) in [5.41, 5.74) is 0. The smallest absolute Gasteiger partial charge is 0.237 e. The van der Waals surface area contributed by atoms with Gasteiger partial charge in [0.2, 0.25) is 5.91 Å². The standard InChI is InChI=1S/C14H24N2O.ClH/c17-14(13-2-1-6-15-13)16-7-5-12-9-10-3-4-11(12)8-10;/h10-13,15H,1-9H2,(H,16,17);1H. The van der Waals surface area contributed by atoms with Gasteiger partial charge in [-0.3, -0.25) is 4.79 Å². The summed E-state index contributed by atoms with van der Waals surface area (Å²) < 4.78 is 0. The van der Waals surface area contributed by atoms with Gasteiger partial charge < -0.3 is 10.6 Å². The second-order valence-corrected chi connectivity index (χ2v) is 6.16. The molecule has 3 fully saturated rings. The summed E-state index contributed by atoms with van der Waals surface area (Å²) >= 11 is 0. The fourth-order valence-electron chi connectivity index (χ4n) is 4.14. The Kier molecular flexibility index (Phi) is 4.91. The molecule has 4 heteroatoms. The molecule has 0 radical (unpaired) electrons. The number of rotatable bonds is 4. The summed E-state index contributed by atoms with van der Waals surface area (Å²) in [5, 5.41) is 6.36. The van der Waals surface area contributed by atoms with Crippen molar-refractivity contribution in [3.63, 3.8) is 0 Å². The van der Waals surface area contributed by atoms with E-state index in [-0.39, 0.29) is 24.4 Å². The fraction of sp³-hybridized carbons (Fsp3) is 0.929. The van der Waals surface area contributed by atoms with Gasteiger partial charge in [0, 0.05) is 6.54 Å². The lowest BCUT2D eigenvalue weighted by atomic mass is 9.86. The lowest BCUT2D eigenvalue weighted by Gasteiger charge is -2.22. The number of hydrogen-bond donors (Lipinski definition) is 2. The minimum atomic E-state index is 0. The molecule has 1 amide bonds. The van der Waals surface area contributed by atoms with E-state index in [9.17, 15) is 4.79 Å². The summed E-state index contributed by atoms with van der Waals surface area (Å²) in [6.45, 7) is 1.90. The van der Waals surface area contributed by atoms with E-state index in [2.05, 4.69) is 10.6 Å². The Hall–Kier alpha value is -0.280. The highest BCUT2D eigenvalue weighted by atomic mass is 35.5. The first-order valence-corrected chi connectivity index (χ1v) is 7.34. The van der Waals surface area contributed by atoms with Crippen LogP contribution in [0, 0.1) is 17.8 Å². The first-order chi connectivity index (χ1) is 8.33. The van der Waals surface area contributed by atoms with Crippen LogP contribution in [0.3, 0.4) is 0 Å². The predicted octanol–water partition coefficient (Wildman–Crippen LogP) is 2.10. The molecule has 3 rings (SSSR count). The van der Waals surface area contributed by atoms with Crippen LogP contribution in [0.4, 0.5) is 0 Å². The van der Waals surface area contributed by atoms with Crippen LogP contribution in [0.1, 0.15) is 44.9 Å². The molecule has 0 aromatic rings. The Labute approximate surface area is 116 Å². The SMILES string of the molecule is Cl.O=C(NCCC1CC2CCC1C2)C1CCCN1. The molecule has 1 heterocycles. The largest absolute Gasteiger partial charge is 0.355 e. The molecule has 2 aliphatic carbocycles. The number of amides is 1. The summed E-state index contributed by atoms with van der Waals surface area (Å²) in [6, 6.07) is 0.0926. The van der Waals surface area contributed by atoms with E-state index in [0.29, 0.717) is 0 Å². The van der Waals surface area contributed by atoms with Gasteiger partial charge in [0.1, 0.15) is 0 Å². The van der Waals surface area contributed by atoms with Gasteiger partial charge in [0.25, 0.3) is 0 Å².